The molecule has 4 nitrogen and oxygen atoms in total. The fourth-order valence-corrected chi connectivity index (χ4v) is 1.37. The molecule has 0 bridgehead atoms. The van der Waals surface area contributed by atoms with Gasteiger partial charge in [-0.15, -0.1) is 0 Å². The first kappa shape index (κ1) is 8.19. The van der Waals surface area contributed by atoms with Crippen molar-refractivity contribution in [3.63, 3.8) is 0 Å². The molecular formula is C8H5ClN2O2. The highest BCUT2D eigenvalue weighted by atomic mass is 35.5. The third-order valence-electron chi connectivity index (χ3n) is 1.77. The van der Waals surface area contributed by atoms with Gasteiger partial charge in [0.1, 0.15) is 16.9 Å². The average Bonchev–Trinajstić information content (AvgIpc) is 2.46. The highest BCUT2D eigenvalue weighted by molar-refractivity contribution is 6.42. The van der Waals surface area contributed by atoms with Gasteiger partial charge in [0, 0.05) is 6.21 Å². The van der Waals surface area contributed by atoms with E-state index >= 15 is 0 Å². The van der Waals surface area contributed by atoms with Gasteiger partial charge in [0.2, 0.25) is 0 Å². The fourth-order valence-electron chi connectivity index (χ4n) is 1.18. The third kappa shape index (κ3) is 1.40. The van der Waals surface area contributed by atoms with Crippen LogP contribution < -0.4 is 0 Å². The van der Waals surface area contributed by atoms with Gasteiger partial charge in [-0.05, 0) is 17.7 Å². The SMILES string of the molecule is O=C(O)C1=N[C@@H]2C=NC(Cl)=CC2=C1. The molecule has 2 aliphatic heterocycles. The number of hydrogen-bond acceptors (Lipinski definition) is 3. The number of nitrogens with zero attached hydrogens (tertiary/aromatic N) is 2. The standard InChI is InChI=1S/C8H5ClN2O2/c9-7-2-4-1-5(8(12)13)11-6(4)3-10-7/h1-3,6H,(H,12,13)/t6-/m1/s1. The summed E-state index contributed by atoms with van der Waals surface area (Å²) >= 11 is 5.63. The van der Waals surface area contributed by atoms with Crippen molar-refractivity contribution in [1.29, 1.82) is 0 Å². The molecular weight excluding hydrogens is 192 g/mol. The summed E-state index contributed by atoms with van der Waals surface area (Å²) in [5.41, 5.74) is 0.825. The first-order chi connectivity index (χ1) is 6.16. The number of halogens is 1. The van der Waals surface area contributed by atoms with Gasteiger partial charge < -0.3 is 5.11 Å². The smallest absolute Gasteiger partial charge is 0.354 e. The Labute approximate surface area is 79.0 Å². The number of carbonyl (C=O) groups is 1. The minimum Gasteiger partial charge on any atom is -0.477 e. The summed E-state index contributed by atoms with van der Waals surface area (Å²) in [6, 6.07) is -0.270. The highest BCUT2D eigenvalue weighted by Crippen LogP contribution is 2.22. The summed E-state index contributed by atoms with van der Waals surface area (Å²) < 4.78 is 0. The molecule has 2 rings (SSSR count). The van der Waals surface area contributed by atoms with Gasteiger partial charge in [0.25, 0.3) is 0 Å². The van der Waals surface area contributed by atoms with Gasteiger partial charge in [-0.1, -0.05) is 11.6 Å². The second-order valence-electron chi connectivity index (χ2n) is 2.65. The molecule has 2 aliphatic rings. The van der Waals surface area contributed by atoms with Gasteiger partial charge >= 0.3 is 5.97 Å². The van der Waals surface area contributed by atoms with E-state index in [4.69, 9.17) is 16.7 Å². The van der Waals surface area contributed by atoms with Crippen LogP contribution in [0.15, 0.2) is 32.9 Å². The number of fused-ring (bicyclic) bond motifs is 1. The zero-order valence-electron chi connectivity index (χ0n) is 6.44. The minimum absolute atomic E-state index is 0.0501. The Morgan fingerprint density at radius 3 is 3.00 bits per heavy atom. The second kappa shape index (κ2) is 2.81. The first-order valence-corrected chi connectivity index (χ1v) is 3.98. The number of aliphatic carboxylic acids is 1. The molecule has 5 heteroatoms. The maximum Gasteiger partial charge on any atom is 0.354 e. The van der Waals surface area contributed by atoms with E-state index < -0.39 is 5.97 Å². The summed E-state index contributed by atoms with van der Waals surface area (Å²) in [6.45, 7) is 0. The monoisotopic (exact) mass is 196 g/mol. The van der Waals surface area contributed by atoms with Crippen LogP contribution in [0.3, 0.4) is 0 Å². The van der Waals surface area contributed by atoms with E-state index in [1.165, 1.54) is 12.3 Å². The quantitative estimate of drug-likeness (QED) is 0.636. The molecule has 0 radical (unpaired) electrons. The van der Waals surface area contributed by atoms with Gasteiger partial charge in [-0.2, -0.15) is 0 Å². The van der Waals surface area contributed by atoms with Crippen LogP contribution in [-0.4, -0.2) is 29.0 Å². The van der Waals surface area contributed by atoms with Gasteiger partial charge in [0.15, 0.2) is 0 Å². The highest BCUT2D eigenvalue weighted by Gasteiger charge is 2.23. The molecule has 0 saturated heterocycles. The third-order valence-corrected chi connectivity index (χ3v) is 1.97. The summed E-state index contributed by atoms with van der Waals surface area (Å²) in [5.74, 6) is -1.03. The minimum atomic E-state index is -1.03. The van der Waals surface area contributed by atoms with Crippen molar-refractivity contribution in [3.05, 3.63) is 22.9 Å². The Morgan fingerprint density at radius 1 is 1.54 bits per heavy atom. The lowest BCUT2D eigenvalue weighted by Gasteiger charge is -2.06. The molecule has 0 amide bonds. The van der Waals surface area contributed by atoms with Crippen molar-refractivity contribution in [2.24, 2.45) is 9.98 Å². The number of hydrogen-bond donors (Lipinski definition) is 1. The molecule has 0 aromatic rings. The number of rotatable bonds is 1. The second-order valence-corrected chi connectivity index (χ2v) is 3.04. The van der Waals surface area contributed by atoms with Gasteiger partial charge in [0.05, 0.1) is 0 Å². The zero-order chi connectivity index (χ0) is 9.42. The maximum atomic E-state index is 10.6. The average molecular weight is 197 g/mol. The molecule has 0 aromatic carbocycles. The summed E-state index contributed by atoms with van der Waals surface area (Å²) in [6.07, 6.45) is 4.65. The molecule has 0 aromatic heterocycles. The van der Waals surface area contributed by atoms with Crippen LogP contribution in [0.25, 0.3) is 0 Å². The van der Waals surface area contributed by atoms with Crippen LogP contribution in [-0.2, 0) is 4.79 Å². The maximum absolute atomic E-state index is 10.6. The molecule has 0 fully saturated rings. The summed E-state index contributed by atoms with van der Waals surface area (Å²) in [7, 11) is 0. The van der Waals surface area contributed by atoms with Crippen molar-refractivity contribution in [3.8, 4) is 0 Å². The van der Waals surface area contributed by atoms with Crippen molar-refractivity contribution in [2.45, 2.75) is 6.04 Å². The van der Waals surface area contributed by atoms with E-state index in [2.05, 4.69) is 9.98 Å². The molecule has 1 N–H and O–H groups in total. The lowest BCUT2D eigenvalue weighted by atomic mass is 10.1. The molecule has 2 heterocycles. The van der Waals surface area contributed by atoms with Crippen LogP contribution in [0.4, 0.5) is 0 Å². The van der Waals surface area contributed by atoms with E-state index in [0.29, 0.717) is 5.16 Å². The lowest BCUT2D eigenvalue weighted by Crippen LogP contribution is -2.10. The van der Waals surface area contributed by atoms with Crippen LogP contribution in [0.1, 0.15) is 0 Å². The van der Waals surface area contributed by atoms with Crippen molar-refractivity contribution >= 4 is 29.5 Å². The lowest BCUT2D eigenvalue weighted by molar-refractivity contribution is -0.129. The van der Waals surface area contributed by atoms with E-state index in [0.717, 1.165) is 5.57 Å². The Hall–Kier alpha value is -1.42. The molecule has 0 saturated carbocycles. The normalized spacial score (nSPS) is 24.7. The first-order valence-electron chi connectivity index (χ1n) is 3.61. The van der Waals surface area contributed by atoms with Crippen LogP contribution in [0.5, 0.6) is 0 Å². The van der Waals surface area contributed by atoms with Crippen LogP contribution in [0, 0.1) is 0 Å². The Balaban J connectivity index is 2.36. The fraction of sp³-hybridized carbons (Fsp3) is 0.125. The van der Waals surface area contributed by atoms with Gasteiger partial charge in [-0.3, -0.25) is 4.99 Å². The molecule has 66 valence electrons. The number of carboxylic acid groups (broad SMARTS) is 1. The zero-order valence-corrected chi connectivity index (χ0v) is 7.19. The summed E-state index contributed by atoms with van der Waals surface area (Å²) in [4.78, 5) is 18.3. The predicted octanol–water partition coefficient (Wildman–Crippen LogP) is 0.985. The molecule has 0 spiro atoms. The van der Waals surface area contributed by atoms with E-state index in [1.54, 1.807) is 6.08 Å². The largest absolute Gasteiger partial charge is 0.477 e. The van der Waals surface area contributed by atoms with Gasteiger partial charge in [-0.25, -0.2) is 9.79 Å². The van der Waals surface area contributed by atoms with Crippen molar-refractivity contribution in [2.75, 3.05) is 0 Å². The molecule has 1 atom stereocenters. The topological polar surface area (TPSA) is 62.0 Å². The Bertz CT molecular complexity index is 393. The summed E-state index contributed by atoms with van der Waals surface area (Å²) in [5, 5.41) is 9.00. The number of carboxylic acids is 1. The van der Waals surface area contributed by atoms with E-state index in [9.17, 15) is 4.79 Å². The molecule has 13 heavy (non-hydrogen) atoms. The van der Waals surface area contributed by atoms with Crippen molar-refractivity contribution in [1.82, 2.24) is 0 Å². The molecule has 0 unspecified atom stereocenters. The van der Waals surface area contributed by atoms with Crippen molar-refractivity contribution < 1.29 is 9.90 Å². The number of aliphatic imine (C=N–C) groups is 2. The Kier molecular flexibility index (Phi) is 1.77. The van der Waals surface area contributed by atoms with E-state index in [1.807, 2.05) is 0 Å². The van der Waals surface area contributed by atoms with Crippen LogP contribution >= 0.6 is 11.6 Å². The van der Waals surface area contributed by atoms with Crippen LogP contribution in [0.2, 0.25) is 0 Å². The predicted molar refractivity (Wildman–Crippen MR) is 49.4 cm³/mol. The van der Waals surface area contributed by atoms with E-state index in [-0.39, 0.29) is 11.8 Å². The Morgan fingerprint density at radius 2 is 2.31 bits per heavy atom. The molecule has 0 aliphatic carbocycles.